The number of amides is 2. The van der Waals surface area contributed by atoms with Crippen molar-refractivity contribution in [1.29, 1.82) is 0 Å². The molecule has 2 rings (SSSR count). The zero-order valence-electron chi connectivity index (χ0n) is 18.0. The molecule has 0 bridgehead atoms. The Balaban J connectivity index is 2.16. The summed E-state index contributed by atoms with van der Waals surface area (Å²) in [4.78, 5) is 27.5. The highest BCUT2D eigenvalue weighted by Crippen LogP contribution is 2.25. The number of halogens is 3. The molecule has 2 aromatic carbocycles. The van der Waals surface area contributed by atoms with Gasteiger partial charge in [-0.05, 0) is 57.0 Å². The van der Waals surface area contributed by atoms with Crippen LogP contribution in [0.2, 0.25) is 15.1 Å². The van der Waals surface area contributed by atoms with Crippen molar-refractivity contribution in [1.82, 2.24) is 10.2 Å². The van der Waals surface area contributed by atoms with Gasteiger partial charge in [0.1, 0.15) is 6.04 Å². The first-order valence-electron chi connectivity index (χ1n) is 9.84. The average molecular weight is 502 g/mol. The molecule has 4 nitrogen and oxygen atoms in total. The number of carbonyl (C=O) groups excluding carboxylic acids is 2. The maximum absolute atomic E-state index is 13.1. The van der Waals surface area contributed by atoms with Crippen LogP contribution in [0.1, 0.15) is 38.8 Å². The fourth-order valence-corrected chi connectivity index (χ4v) is 4.50. The van der Waals surface area contributed by atoms with E-state index >= 15 is 0 Å². The SMILES string of the molecule is CC(C(=O)NC(C)(C)C)N(Cc1ccc(Cl)cc1Cl)C(=O)CSCc1ccccc1Cl. The van der Waals surface area contributed by atoms with Crippen LogP contribution < -0.4 is 5.32 Å². The molecule has 0 radical (unpaired) electrons. The second kappa shape index (κ2) is 11.5. The van der Waals surface area contributed by atoms with Crippen LogP contribution in [0.5, 0.6) is 0 Å². The van der Waals surface area contributed by atoms with Crippen molar-refractivity contribution in [2.75, 3.05) is 5.75 Å². The van der Waals surface area contributed by atoms with Gasteiger partial charge >= 0.3 is 0 Å². The van der Waals surface area contributed by atoms with Gasteiger partial charge in [0.05, 0.1) is 5.75 Å². The topological polar surface area (TPSA) is 49.4 Å². The molecule has 0 spiro atoms. The van der Waals surface area contributed by atoms with Crippen molar-refractivity contribution in [3.05, 3.63) is 68.7 Å². The Morgan fingerprint density at radius 3 is 2.32 bits per heavy atom. The normalized spacial score (nSPS) is 12.4. The molecule has 1 atom stereocenters. The third-order valence-electron chi connectivity index (χ3n) is 4.46. The molecular formula is C23H27Cl3N2O2S. The highest BCUT2D eigenvalue weighted by atomic mass is 35.5. The van der Waals surface area contributed by atoms with Crippen LogP contribution in [-0.2, 0) is 21.9 Å². The van der Waals surface area contributed by atoms with Gasteiger partial charge in [0.25, 0.3) is 0 Å². The van der Waals surface area contributed by atoms with E-state index in [4.69, 9.17) is 34.8 Å². The molecule has 0 fully saturated rings. The number of carbonyl (C=O) groups is 2. The summed E-state index contributed by atoms with van der Waals surface area (Å²) in [5.41, 5.74) is 1.29. The van der Waals surface area contributed by atoms with Crippen LogP contribution in [-0.4, -0.2) is 34.0 Å². The molecule has 1 N–H and O–H groups in total. The van der Waals surface area contributed by atoms with Crippen molar-refractivity contribution >= 4 is 58.4 Å². The van der Waals surface area contributed by atoms with E-state index in [2.05, 4.69) is 5.32 Å². The molecule has 0 saturated heterocycles. The number of nitrogens with zero attached hydrogens (tertiary/aromatic N) is 1. The largest absolute Gasteiger partial charge is 0.350 e. The second-order valence-electron chi connectivity index (χ2n) is 8.26. The molecule has 0 aliphatic heterocycles. The monoisotopic (exact) mass is 500 g/mol. The van der Waals surface area contributed by atoms with Crippen LogP contribution in [0, 0.1) is 0 Å². The van der Waals surface area contributed by atoms with Crippen molar-refractivity contribution in [2.45, 2.75) is 51.6 Å². The van der Waals surface area contributed by atoms with E-state index in [0.717, 1.165) is 11.1 Å². The van der Waals surface area contributed by atoms with Gasteiger partial charge in [-0.3, -0.25) is 9.59 Å². The van der Waals surface area contributed by atoms with Gasteiger partial charge in [-0.1, -0.05) is 59.1 Å². The summed E-state index contributed by atoms with van der Waals surface area (Å²) in [5.74, 6) is 0.439. The molecule has 0 aromatic heterocycles. The summed E-state index contributed by atoms with van der Waals surface area (Å²) in [5, 5.41) is 4.58. The zero-order valence-corrected chi connectivity index (χ0v) is 21.1. The quantitative estimate of drug-likeness (QED) is 0.468. The second-order valence-corrected chi connectivity index (χ2v) is 10.5. The summed E-state index contributed by atoms with van der Waals surface area (Å²) >= 11 is 20.0. The highest BCUT2D eigenvalue weighted by Gasteiger charge is 2.28. The van der Waals surface area contributed by atoms with Crippen LogP contribution >= 0.6 is 46.6 Å². The van der Waals surface area contributed by atoms with Gasteiger partial charge in [0.2, 0.25) is 11.8 Å². The fourth-order valence-electron chi connectivity index (χ4n) is 2.84. The molecule has 2 aromatic rings. The Morgan fingerprint density at radius 1 is 1.03 bits per heavy atom. The van der Waals surface area contributed by atoms with Crippen LogP contribution in [0.3, 0.4) is 0 Å². The number of rotatable bonds is 8. The predicted molar refractivity (Wildman–Crippen MR) is 132 cm³/mol. The number of benzene rings is 2. The average Bonchev–Trinajstić information content (AvgIpc) is 2.67. The lowest BCUT2D eigenvalue weighted by molar-refractivity contribution is -0.139. The Bertz CT molecular complexity index is 931. The van der Waals surface area contributed by atoms with Crippen molar-refractivity contribution in [3.8, 4) is 0 Å². The van der Waals surface area contributed by atoms with Crippen molar-refractivity contribution in [2.24, 2.45) is 0 Å². The Morgan fingerprint density at radius 2 is 1.71 bits per heavy atom. The molecule has 1 unspecified atom stereocenters. The fraction of sp³-hybridized carbons (Fsp3) is 0.391. The van der Waals surface area contributed by atoms with E-state index in [9.17, 15) is 9.59 Å². The minimum absolute atomic E-state index is 0.153. The summed E-state index contributed by atoms with van der Waals surface area (Å²) in [6.07, 6.45) is 0. The smallest absolute Gasteiger partial charge is 0.242 e. The van der Waals surface area contributed by atoms with Gasteiger partial charge in [0.15, 0.2) is 0 Å². The number of thioether (sulfide) groups is 1. The Labute approximate surface area is 203 Å². The third-order valence-corrected chi connectivity index (χ3v) is 6.38. The van der Waals surface area contributed by atoms with E-state index in [1.54, 1.807) is 30.0 Å². The molecule has 31 heavy (non-hydrogen) atoms. The van der Waals surface area contributed by atoms with Crippen molar-refractivity contribution in [3.63, 3.8) is 0 Å². The number of hydrogen-bond donors (Lipinski definition) is 1. The van der Waals surface area contributed by atoms with Crippen molar-refractivity contribution < 1.29 is 9.59 Å². The Kier molecular flexibility index (Phi) is 9.56. The first-order chi connectivity index (χ1) is 14.5. The lowest BCUT2D eigenvalue weighted by atomic mass is 10.1. The molecule has 0 aliphatic carbocycles. The van der Waals surface area contributed by atoms with Gasteiger partial charge in [-0.15, -0.1) is 11.8 Å². The van der Waals surface area contributed by atoms with E-state index in [1.165, 1.54) is 11.8 Å². The standard InChI is InChI=1S/C23H27Cl3N2O2S/c1-15(22(30)27-23(2,3)4)28(12-16-9-10-18(24)11-20(16)26)21(29)14-31-13-17-7-5-6-8-19(17)25/h5-11,15H,12-14H2,1-4H3,(H,27,30). The first-order valence-corrected chi connectivity index (χ1v) is 12.1. The first kappa shape index (κ1) is 25.9. The lowest BCUT2D eigenvalue weighted by Gasteiger charge is -2.31. The number of nitrogens with one attached hydrogen (secondary N) is 1. The summed E-state index contributed by atoms with van der Waals surface area (Å²) in [7, 11) is 0. The summed E-state index contributed by atoms with van der Waals surface area (Å²) in [6.45, 7) is 7.64. The molecule has 0 saturated carbocycles. The third kappa shape index (κ3) is 8.23. The van der Waals surface area contributed by atoms with Crippen LogP contribution in [0.25, 0.3) is 0 Å². The zero-order chi connectivity index (χ0) is 23.2. The molecule has 8 heteroatoms. The summed E-state index contributed by atoms with van der Waals surface area (Å²) < 4.78 is 0. The van der Waals surface area contributed by atoms with Gasteiger partial charge in [-0.25, -0.2) is 0 Å². The summed E-state index contributed by atoms with van der Waals surface area (Å²) in [6, 6.07) is 12.0. The molecule has 0 heterocycles. The van der Waals surface area contributed by atoms with Gasteiger partial charge in [0, 0.05) is 32.9 Å². The van der Waals surface area contributed by atoms with Gasteiger partial charge < -0.3 is 10.2 Å². The van der Waals surface area contributed by atoms with E-state index in [-0.39, 0.29) is 24.1 Å². The molecular weight excluding hydrogens is 475 g/mol. The van der Waals surface area contributed by atoms with Crippen LogP contribution in [0.4, 0.5) is 0 Å². The predicted octanol–water partition coefficient (Wildman–Crippen LogP) is 6.21. The van der Waals surface area contributed by atoms with Crippen LogP contribution in [0.15, 0.2) is 42.5 Å². The molecule has 2 amide bonds. The minimum Gasteiger partial charge on any atom is -0.350 e. The lowest BCUT2D eigenvalue weighted by Crippen LogP contribution is -2.52. The van der Waals surface area contributed by atoms with E-state index < -0.39 is 11.6 Å². The molecule has 168 valence electrons. The molecule has 0 aliphatic rings. The highest BCUT2D eigenvalue weighted by molar-refractivity contribution is 7.99. The minimum atomic E-state index is -0.667. The van der Waals surface area contributed by atoms with E-state index in [1.807, 2.05) is 45.0 Å². The Hall–Kier alpha value is -1.40. The maximum Gasteiger partial charge on any atom is 0.242 e. The van der Waals surface area contributed by atoms with E-state index in [0.29, 0.717) is 20.8 Å². The maximum atomic E-state index is 13.1. The van der Waals surface area contributed by atoms with Gasteiger partial charge in [-0.2, -0.15) is 0 Å². The number of hydrogen-bond acceptors (Lipinski definition) is 3.